The molecule has 4 rings (SSSR count). The smallest absolute Gasteiger partial charge is 0.321 e. The van der Waals surface area contributed by atoms with E-state index in [2.05, 4.69) is 15.5 Å². The molecule has 1 spiro atoms. The monoisotopic (exact) mass is 491 g/mol. The molecule has 192 valence electrons. The van der Waals surface area contributed by atoms with Crippen LogP contribution in [-0.4, -0.2) is 65.5 Å². The molecule has 2 heterocycles. The number of anilines is 2. The minimum Gasteiger partial charge on any atom is -0.352 e. The molecule has 8 heteroatoms. The third-order valence-electron chi connectivity index (χ3n) is 7.53. The van der Waals surface area contributed by atoms with E-state index in [1.54, 1.807) is 9.80 Å². The molecule has 2 aromatic carbocycles. The summed E-state index contributed by atoms with van der Waals surface area (Å²) >= 11 is 0. The van der Waals surface area contributed by atoms with Crippen molar-refractivity contribution in [1.82, 2.24) is 15.1 Å². The number of carbonyl (C=O) groups excluding carboxylic acids is 3. The summed E-state index contributed by atoms with van der Waals surface area (Å²) in [6.45, 7) is 9.24. The molecule has 8 nitrogen and oxygen atoms in total. The van der Waals surface area contributed by atoms with Crippen LogP contribution in [0.2, 0.25) is 0 Å². The van der Waals surface area contributed by atoms with Gasteiger partial charge in [-0.25, -0.2) is 4.79 Å². The second-order valence-electron chi connectivity index (χ2n) is 10.0. The van der Waals surface area contributed by atoms with E-state index in [0.717, 1.165) is 28.9 Å². The van der Waals surface area contributed by atoms with Crippen molar-refractivity contribution in [1.29, 1.82) is 0 Å². The van der Waals surface area contributed by atoms with Crippen LogP contribution in [0, 0.1) is 13.8 Å². The van der Waals surface area contributed by atoms with Crippen molar-refractivity contribution in [2.75, 3.05) is 36.5 Å². The van der Waals surface area contributed by atoms with Crippen LogP contribution in [0.1, 0.15) is 44.2 Å². The minimum absolute atomic E-state index is 0.0328. The second-order valence-corrected chi connectivity index (χ2v) is 10.0. The Balaban J connectivity index is 1.50. The van der Waals surface area contributed by atoms with Gasteiger partial charge in [0.15, 0.2) is 0 Å². The number of urea groups is 1. The number of nitrogens with one attached hydrogen (secondary N) is 2. The van der Waals surface area contributed by atoms with E-state index in [1.165, 1.54) is 0 Å². The number of benzene rings is 2. The molecule has 2 aliphatic heterocycles. The number of likely N-dealkylation sites (tertiary alicyclic amines) is 1. The summed E-state index contributed by atoms with van der Waals surface area (Å²) in [5.74, 6) is -0.186. The molecule has 2 N–H and O–H groups in total. The number of amides is 4. The molecule has 0 saturated carbocycles. The van der Waals surface area contributed by atoms with Crippen molar-refractivity contribution in [2.45, 2.75) is 58.5 Å². The van der Waals surface area contributed by atoms with Crippen LogP contribution in [0.5, 0.6) is 0 Å². The van der Waals surface area contributed by atoms with Gasteiger partial charge < -0.3 is 25.3 Å². The first kappa shape index (κ1) is 25.5. The lowest BCUT2D eigenvalue weighted by Crippen LogP contribution is -2.58. The SMILES string of the molecule is CCC(C)NC(=O)CN1CN(c2ccccc2)C2(CCN(C(=O)Nc3c(C)cccc3C)CC2)C1=O. The molecule has 1 atom stereocenters. The molecule has 2 fully saturated rings. The van der Waals surface area contributed by atoms with Crippen molar-refractivity contribution in [3.8, 4) is 0 Å². The zero-order chi connectivity index (χ0) is 25.9. The van der Waals surface area contributed by atoms with Crippen molar-refractivity contribution in [2.24, 2.45) is 0 Å². The predicted molar refractivity (Wildman–Crippen MR) is 142 cm³/mol. The van der Waals surface area contributed by atoms with Gasteiger partial charge in [0.25, 0.3) is 5.91 Å². The number of hydrogen-bond donors (Lipinski definition) is 2. The minimum atomic E-state index is -0.770. The topological polar surface area (TPSA) is 85.0 Å². The molecule has 2 aliphatic rings. The van der Waals surface area contributed by atoms with E-state index >= 15 is 0 Å². The van der Waals surface area contributed by atoms with Crippen LogP contribution in [0.3, 0.4) is 0 Å². The highest BCUT2D eigenvalue weighted by molar-refractivity contribution is 5.97. The number of nitrogens with zero attached hydrogens (tertiary/aromatic N) is 3. The Morgan fingerprint density at radius 1 is 1.00 bits per heavy atom. The fourth-order valence-electron chi connectivity index (χ4n) is 5.20. The Labute approximate surface area is 213 Å². The fraction of sp³-hybridized carbons (Fsp3) is 0.464. The number of para-hydroxylation sites is 2. The van der Waals surface area contributed by atoms with Gasteiger partial charge in [-0.15, -0.1) is 0 Å². The van der Waals surface area contributed by atoms with Crippen LogP contribution in [0.25, 0.3) is 0 Å². The normalized spacial score (nSPS) is 17.9. The van der Waals surface area contributed by atoms with Gasteiger partial charge in [0, 0.05) is 30.5 Å². The van der Waals surface area contributed by atoms with Gasteiger partial charge in [0.2, 0.25) is 5.91 Å². The van der Waals surface area contributed by atoms with Crippen LogP contribution in [0.15, 0.2) is 48.5 Å². The third-order valence-corrected chi connectivity index (χ3v) is 7.53. The maximum absolute atomic E-state index is 13.8. The molecule has 2 saturated heterocycles. The highest BCUT2D eigenvalue weighted by atomic mass is 16.2. The predicted octanol–water partition coefficient (Wildman–Crippen LogP) is 3.89. The molecule has 4 amide bonds. The van der Waals surface area contributed by atoms with Crippen LogP contribution in [0.4, 0.5) is 16.2 Å². The maximum atomic E-state index is 13.8. The van der Waals surface area contributed by atoms with Crippen LogP contribution < -0.4 is 15.5 Å². The summed E-state index contributed by atoms with van der Waals surface area (Å²) in [5.41, 5.74) is 3.05. The van der Waals surface area contributed by atoms with Crippen molar-refractivity contribution < 1.29 is 14.4 Å². The van der Waals surface area contributed by atoms with Gasteiger partial charge in [-0.05, 0) is 63.3 Å². The second kappa shape index (κ2) is 10.6. The average Bonchev–Trinajstić information content (AvgIpc) is 3.13. The Bertz CT molecular complexity index is 1090. The van der Waals surface area contributed by atoms with Gasteiger partial charge in [-0.1, -0.05) is 43.3 Å². The first-order chi connectivity index (χ1) is 17.2. The quantitative estimate of drug-likeness (QED) is 0.642. The summed E-state index contributed by atoms with van der Waals surface area (Å²) in [7, 11) is 0. The molecular formula is C28H37N5O3. The van der Waals surface area contributed by atoms with Crippen molar-refractivity contribution in [3.63, 3.8) is 0 Å². The Morgan fingerprint density at radius 2 is 1.64 bits per heavy atom. The number of aryl methyl sites for hydroxylation is 2. The lowest BCUT2D eigenvalue weighted by Gasteiger charge is -2.43. The van der Waals surface area contributed by atoms with Gasteiger partial charge in [0.05, 0.1) is 6.67 Å². The molecule has 0 aliphatic carbocycles. The van der Waals surface area contributed by atoms with Crippen LogP contribution in [-0.2, 0) is 9.59 Å². The molecule has 0 bridgehead atoms. The van der Waals surface area contributed by atoms with Crippen molar-refractivity contribution >= 4 is 29.2 Å². The summed E-state index contributed by atoms with van der Waals surface area (Å²) < 4.78 is 0. The average molecular weight is 492 g/mol. The summed E-state index contributed by atoms with van der Waals surface area (Å²) in [6, 6.07) is 15.7. The van der Waals surface area contributed by atoms with Crippen LogP contribution >= 0.6 is 0 Å². The standard InChI is InChI=1S/C28H37N5O3/c1-5-22(4)29-24(34)18-32-19-33(23-12-7-6-8-13-23)28(26(32)35)14-16-31(17-15-28)27(36)30-25-20(2)10-9-11-21(25)3/h6-13,22H,5,14-19H2,1-4H3,(H,29,34)(H,30,36). The maximum Gasteiger partial charge on any atom is 0.321 e. The van der Waals surface area contributed by atoms with Gasteiger partial charge in [-0.2, -0.15) is 0 Å². The molecule has 2 aromatic rings. The van der Waals surface area contributed by atoms with E-state index in [4.69, 9.17) is 0 Å². The number of carbonyl (C=O) groups is 3. The first-order valence-electron chi connectivity index (χ1n) is 12.8. The Hall–Kier alpha value is -3.55. The molecule has 1 unspecified atom stereocenters. The van der Waals surface area contributed by atoms with Gasteiger partial charge >= 0.3 is 6.03 Å². The zero-order valence-electron chi connectivity index (χ0n) is 21.7. The van der Waals surface area contributed by atoms with E-state index in [-0.39, 0.29) is 30.4 Å². The summed E-state index contributed by atoms with van der Waals surface area (Å²) in [6.07, 6.45) is 1.84. The third kappa shape index (κ3) is 5.03. The first-order valence-corrected chi connectivity index (χ1v) is 12.8. The highest BCUT2D eigenvalue weighted by Crippen LogP contribution is 2.39. The van der Waals surface area contributed by atoms with E-state index in [0.29, 0.717) is 32.6 Å². The van der Waals surface area contributed by atoms with Gasteiger partial charge in [-0.3, -0.25) is 9.59 Å². The summed E-state index contributed by atoms with van der Waals surface area (Å²) in [5, 5.41) is 6.03. The van der Waals surface area contributed by atoms with Crippen molar-refractivity contribution in [3.05, 3.63) is 59.7 Å². The number of piperidine rings is 1. The van der Waals surface area contributed by atoms with E-state index in [9.17, 15) is 14.4 Å². The largest absolute Gasteiger partial charge is 0.352 e. The molecule has 0 aromatic heterocycles. The molecule has 36 heavy (non-hydrogen) atoms. The molecular weight excluding hydrogens is 454 g/mol. The van der Waals surface area contributed by atoms with E-state index < -0.39 is 5.54 Å². The van der Waals surface area contributed by atoms with Gasteiger partial charge in [0.1, 0.15) is 12.1 Å². The summed E-state index contributed by atoms with van der Waals surface area (Å²) in [4.78, 5) is 45.1. The number of rotatable bonds is 6. The molecule has 0 radical (unpaired) electrons. The highest BCUT2D eigenvalue weighted by Gasteiger charge is 2.54. The lowest BCUT2D eigenvalue weighted by molar-refractivity contribution is -0.137. The Kier molecular flexibility index (Phi) is 7.52. The number of hydrogen-bond acceptors (Lipinski definition) is 4. The fourth-order valence-corrected chi connectivity index (χ4v) is 5.20. The lowest BCUT2D eigenvalue weighted by atomic mass is 9.85. The zero-order valence-corrected chi connectivity index (χ0v) is 21.7. The Morgan fingerprint density at radius 3 is 2.25 bits per heavy atom. The van der Waals surface area contributed by atoms with E-state index in [1.807, 2.05) is 76.2 Å².